The van der Waals surface area contributed by atoms with E-state index in [-0.39, 0.29) is 5.91 Å². The number of amides is 1. The largest absolute Gasteiger partial charge is 0.467 e. The van der Waals surface area contributed by atoms with Crippen LogP contribution in [0.5, 0.6) is 0 Å². The lowest BCUT2D eigenvalue weighted by Crippen LogP contribution is -2.42. The summed E-state index contributed by atoms with van der Waals surface area (Å²) in [6.45, 7) is 1.60. The maximum atomic E-state index is 12.3. The van der Waals surface area contributed by atoms with Crippen LogP contribution in [-0.4, -0.2) is 34.2 Å². The summed E-state index contributed by atoms with van der Waals surface area (Å²) in [5, 5.41) is 0. The standard InChI is InChI=1S/C16H15NO3S2/c1-11(15(19)20-2)17-14(18)13(22-16(17)21)10-6-9-12-7-4-3-5-8-12/h3-11H,1-2H3/b9-6+,13-10+/t11-/m0/s1. The van der Waals surface area contributed by atoms with E-state index in [1.54, 1.807) is 19.1 Å². The van der Waals surface area contributed by atoms with Crippen molar-refractivity contribution < 1.29 is 14.3 Å². The highest BCUT2D eigenvalue weighted by atomic mass is 32.2. The lowest BCUT2D eigenvalue weighted by atomic mass is 10.2. The minimum absolute atomic E-state index is 0.273. The first kappa shape index (κ1) is 16.5. The van der Waals surface area contributed by atoms with Gasteiger partial charge in [0.15, 0.2) is 0 Å². The molecule has 1 saturated heterocycles. The maximum absolute atomic E-state index is 12.3. The molecule has 1 atom stereocenters. The molecule has 6 heteroatoms. The lowest BCUT2D eigenvalue weighted by molar-refractivity contribution is -0.147. The zero-order valence-electron chi connectivity index (χ0n) is 12.2. The van der Waals surface area contributed by atoms with E-state index in [2.05, 4.69) is 4.74 Å². The van der Waals surface area contributed by atoms with Crippen LogP contribution in [0.25, 0.3) is 6.08 Å². The monoisotopic (exact) mass is 333 g/mol. The number of carbonyl (C=O) groups is 2. The van der Waals surface area contributed by atoms with Gasteiger partial charge >= 0.3 is 5.97 Å². The summed E-state index contributed by atoms with van der Waals surface area (Å²) in [5.41, 5.74) is 1.04. The van der Waals surface area contributed by atoms with Crippen LogP contribution in [0.1, 0.15) is 12.5 Å². The van der Waals surface area contributed by atoms with Gasteiger partial charge in [0.1, 0.15) is 10.4 Å². The molecular formula is C16H15NO3S2. The van der Waals surface area contributed by atoms with Crippen molar-refractivity contribution in [3.05, 3.63) is 53.0 Å². The number of allylic oxidation sites excluding steroid dienone is 2. The molecular weight excluding hydrogens is 318 g/mol. The Hall–Kier alpha value is -1.92. The molecule has 1 fully saturated rings. The maximum Gasteiger partial charge on any atom is 0.328 e. The zero-order chi connectivity index (χ0) is 16.1. The first-order chi connectivity index (χ1) is 10.5. The van der Waals surface area contributed by atoms with Crippen molar-refractivity contribution in [2.45, 2.75) is 13.0 Å². The molecule has 1 amide bonds. The summed E-state index contributed by atoms with van der Waals surface area (Å²) < 4.78 is 5.02. The van der Waals surface area contributed by atoms with Crippen molar-refractivity contribution in [2.24, 2.45) is 0 Å². The third-order valence-corrected chi connectivity index (χ3v) is 4.44. The molecule has 114 valence electrons. The van der Waals surface area contributed by atoms with E-state index in [4.69, 9.17) is 12.2 Å². The molecule has 0 radical (unpaired) electrons. The molecule has 0 spiro atoms. The van der Waals surface area contributed by atoms with Crippen molar-refractivity contribution in [1.82, 2.24) is 4.90 Å². The summed E-state index contributed by atoms with van der Waals surface area (Å²) >= 11 is 6.36. The Morgan fingerprint density at radius 1 is 1.36 bits per heavy atom. The van der Waals surface area contributed by atoms with Gasteiger partial charge in [0.25, 0.3) is 5.91 Å². The number of rotatable bonds is 4. The Morgan fingerprint density at radius 2 is 2.05 bits per heavy atom. The molecule has 1 heterocycles. The molecule has 1 aromatic rings. The highest BCUT2D eigenvalue weighted by Crippen LogP contribution is 2.32. The van der Waals surface area contributed by atoms with E-state index < -0.39 is 12.0 Å². The Bertz CT molecular complexity index is 653. The fraction of sp³-hybridized carbons (Fsp3) is 0.188. The number of thioether (sulfide) groups is 1. The van der Waals surface area contributed by atoms with E-state index in [1.807, 2.05) is 36.4 Å². The SMILES string of the molecule is COC(=O)[C@H](C)N1C(=O)/C(=C\C=C\c2ccccc2)SC1=S. The number of methoxy groups -OCH3 is 1. The van der Waals surface area contributed by atoms with Crippen LogP contribution in [0.2, 0.25) is 0 Å². The second-order valence-electron chi connectivity index (χ2n) is 4.54. The molecule has 1 aliphatic rings. The van der Waals surface area contributed by atoms with Gasteiger partial charge in [0, 0.05) is 0 Å². The number of thiocarbonyl (C=S) groups is 1. The molecule has 1 aromatic carbocycles. The van der Waals surface area contributed by atoms with E-state index in [1.165, 1.54) is 23.8 Å². The summed E-state index contributed by atoms with van der Waals surface area (Å²) in [7, 11) is 1.29. The molecule has 2 rings (SSSR count). The average molecular weight is 333 g/mol. The Labute approximate surface area is 138 Å². The summed E-state index contributed by atoms with van der Waals surface area (Å²) in [5.74, 6) is -0.761. The van der Waals surface area contributed by atoms with Crippen molar-refractivity contribution in [2.75, 3.05) is 7.11 Å². The van der Waals surface area contributed by atoms with Crippen molar-refractivity contribution in [3.63, 3.8) is 0 Å². The number of esters is 1. The molecule has 4 nitrogen and oxygen atoms in total. The van der Waals surface area contributed by atoms with Crippen LogP contribution in [0, 0.1) is 0 Å². The first-order valence-electron chi connectivity index (χ1n) is 6.61. The second kappa shape index (κ2) is 7.38. The Kier molecular flexibility index (Phi) is 5.51. The highest BCUT2D eigenvalue weighted by molar-refractivity contribution is 8.26. The zero-order valence-corrected chi connectivity index (χ0v) is 13.8. The van der Waals surface area contributed by atoms with E-state index in [0.29, 0.717) is 9.23 Å². The van der Waals surface area contributed by atoms with Gasteiger partial charge in [-0.2, -0.15) is 0 Å². The molecule has 0 bridgehead atoms. The molecule has 0 saturated carbocycles. The van der Waals surface area contributed by atoms with Gasteiger partial charge in [-0.1, -0.05) is 66.5 Å². The van der Waals surface area contributed by atoms with Crippen LogP contribution in [-0.2, 0) is 14.3 Å². The number of ether oxygens (including phenoxy) is 1. The van der Waals surface area contributed by atoms with Crippen LogP contribution in [0.3, 0.4) is 0 Å². The lowest BCUT2D eigenvalue weighted by Gasteiger charge is -2.20. The summed E-state index contributed by atoms with van der Waals surface area (Å²) in [4.78, 5) is 25.7. The number of carbonyl (C=O) groups excluding carboxylic acids is 2. The van der Waals surface area contributed by atoms with Crippen molar-refractivity contribution in [1.29, 1.82) is 0 Å². The smallest absolute Gasteiger partial charge is 0.328 e. The van der Waals surface area contributed by atoms with E-state index in [9.17, 15) is 9.59 Å². The Morgan fingerprint density at radius 3 is 2.68 bits per heavy atom. The molecule has 0 unspecified atom stereocenters. The number of nitrogens with zero attached hydrogens (tertiary/aromatic N) is 1. The molecule has 0 aromatic heterocycles. The van der Waals surface area contributed by atoms with Crippen LogP contribution in [0.15, 0.2) is 47.4 Å². The predicted molar refractivity (Wildman–Crippen MR) is 92.1 cm³/mol. The van der Waals surface area contributed by atoms with Gasteiger partial charge in [-0.15, -0.1) is 0 Å². The normalized spacial score (nSPS) is 18.3. The fourth-order valence-corrected chi connectivity index (χ4v) is 3.28. The van der Waals surface area contributed by atoms with E-state index in [0.717, 1.165) is 5.56 Å². The Balaban J connectivity index is 2.12. The van der Waals surface area contributed by atoms with Crippen molar-refractivity contribution in [3.8, 4) is 0 Å². The number of hydrogen-bond acceptors (Lipinski definition) is 5. The van der Waals surface area contributed by atoms with E-state index >= 15 is 0 Å². The van der Waals surface area contributed by atoms with Gasteiger partial charge in [0.2, 0.25) is 0 Å². The third kappa shape index (κ3) is 3.64. The quantitative estimate of drug-likeness (QED) is 0.481. The molecule has 0 N–H and O–H groups in total. The summed E-state index contributed by atoms with van der Waals surface area (Å²) in [6.07, 6.45) is 5.40. The number of hydrogen-bond donors (Lipinski definition) is 0. The van der Waals surface area contributed by atoms with Gasteiger partial charge in [-0.3, -0.25) is 9.69 Å². The first-order valence-corrected chi connectivity index (χ1v) is 7.83. The summed E-state index contributed by atoms with van der Waals surface area (Å²) in [6, 6.07) is 9.04. The minimum atomic E-state index is -0.721. The van der Waals surface area contributed by atoms with Gasteiger partial charge in [-0.25, -0.2) is 4.79 Å². The molecule has 0 aliphatic carbocycles. The third-order valence-electron chi connectivity index (χ3n) is 3.09. The van der Waals surface area contributed by atoms with Gasteiger partial charge in [0.05, 0.1) is 12.0 Å². The molecule has 22 heavy (non-hydrogen) atoms. The van der Waals surface area contributed by atoms with Crippen LogP contribution in [0.4, 0.5) is 0 Å². The average Bonchev–Trinajstić information content (AvgIpc) is 2.81. The molecule has 1 aliphatic heterocycles. The number of benzene rings is 1. The van der Waals surface area contributed by atoms with Crippen molar-refractivity contribution >= 4 is 46.3 Å². The van der Waals surface area contributed by atoms with Crippen LogP contribution < -0.4 is 0 Å². The second-order valence-corrected chi connectivity index (χ2v) is 6.22. The minimum Gasteiger partial charge on any atom is -0.467 e. The van der Waals surface area contributed by atoms with Crippen LogP contribution >= 0.6 is 24.0 Å². The van der Waals surface area contributed by atoms with Gasteiger partial charge < -0.3 is 4.74 Å². The predicted octanol–water partition coefficient (Wildman–Crippen LogP) is 3.01. The van der Waals surface area contributed by atoms with Gasteiger partial charge in [-0.05, 0) is 18.6 Å². The highest BCUT2D eigenvalue weighted by Gasteiger charge is 2.38. The fourth-order valence-electron chi connectivity index (χ4n) is 1.91. The topological polar surface area (TPSA) is 46.6 Å².